The molecule has 0 aromatic heterocycles. The Labute approximate surface area is 124 Å². The largest absolute Gasteiger partial charge is 0.480 e. The number of hydrogen-bond donors (Lipinski definition) is 2. The summed E-state index contributed by atoms with van der Waals surface area (Å²) in [5, 5.41) is 12.3. The van der Waals surface area contributed by atoms with E-state index in [2.05, 4.69) is 5.32 Å². The summed E-state index contributed by atoms with van der Waals surface area (Å²) in [5.74, 6) is -1.24. The van der Waals surface area contributed by atoms with Crippen LogP contribution in [-0.2, 0) is 16.0 Å². The zero-order valence-electron chi connectivity index (χ0n) is 11.8. The molecular weight excluding hydrogens is 278 g/mol. The third kappa shape index (κ3) is 4.85. The SMILES string of the molecule is CCC(C)(NC(=O)CCCc1ccc(Cl)cc1)C(=O)O. The lowest BCUT2D eigenvalue weighted by Crippen LogP contribution is -2.51. The number of carbonyl (C=O) groups excluding carboxylic acids is 1. The quantitative estimate of drug-likeness (QED) is 0.813. The van der Waals surface area contributed by atoms with Gasteiger partial charge in [0.15, 0.2) is 0 Å². The number of rotatable bonds is 7. The van der Waals surface area contributed by atoms with Crippen LogP contribution in [0.4, 0.5) is 0 Å². The van der Waals surface area contributed by atoms with Crippen LogP contribution in [0.5, 0.6) is 0 Å². The molecule has 2 N–H and O–H groups in total. The molecule has 0 spiro atoms. The van der Waals surface area contributed by atoms with Gasteiger partial charge in [-0.05, 0) is 43.9 Å². The molecule has 0 heterocycles. The topological polar surface area (TPSA) is 66.4 Å². The maximum atomic E-state index is 11.8. The van der Waals surface area contributed by atoms with E-state index in [4.69, 9.17) is 16.7 Å². The Hall–Kier alpha value is -1.55. The first-order chi connectivity index (χ1) is 9.37. The summed E-state index contributed by atoms with van der Waals surface area (Å²) in [7, 11) is 0. The van der Waals surface area contributed by atoms with E-state index in [-0.39, 0.29) is 5.91 Å². The van der Waals surface area contributed by atoms with Crippen LogP contribution < -0.4 is 5.32 Å². The summed E-state index contributed by atoms with van der Waals surface area (Å²) >= 11 is 5.79. The van der Waals surface area contributed by atoms with E-state index < -0.39 is 11.5 Å². The highest BCUT2D eigenvalue weighted by Gasteiger charge is 2.32. The number of carboxylic acids is 1. The zero-order chi connectivity index (χ0) is 15.2. The van der Waals surface area contributed by atoms with Crippen molar-refractivity contribution < 1.29 is 14.7 Å². The number of aliphatic carboxylic acids is 1. The molecule has 1 atom stereocenters. The third-order valence-electron chi connectivity index (χ3n) is 3.38. The average molecular weight is 298 g/mol. The highest BCUT2D eigenvalue weighted by Crippen LogP contribution is 2.13. The lowest BCUT2D eigenvalue weighted by Gasteiger charge is -2.24. The molecule has 1 rings (SSSR count). The van der Waals surface area contributed by atoms with Crippen molar-refractivity contribution in [1.29, 1.82) is 0 Å². The normalized spacial score (nSPS) is 13.6. The Morgan fingerprint density at radius 3 is 2.40 bits per heavy atom. The van der Waals surface area contributed by atoms with E-state index in [0.29, 0.717) is 24.3 Å². The summed E-state index contributed by atoms with van der Waals surface area (Å²) in [5.41, 5.74) is -0.0733. The fourth-order valence-corrected chi connectivity index (χ4v) is 1.89. The van der Waals surface area contributed by atoms with Crippen LogP contribution in [-0.4, -0.2) is 22.5 Å². The highest BCUT2D eigenvalue weighted by atomic mass is 35.5. The van der Waals surface area contributed by atoms with E-state index in [1.165, 1.54) is 6.92 Å². The Bertz CT molecular complexity index is 473. The van der Waals surface area contributed by atoms with Gasteiger partial charge in [0.1, 0.15) is 5.54 Å². The summed E-state index contributed by atoms with van der Waals surface area (Å²) in [6, 6.07) is 7.48. The van der Waals surface area contributed by atoms with Crippen LogP contribution in [0.2, 0.25) is 5.02 Å². The molecule has 110 valence electrons. The first kappa shape index (κ1) is 16.5. The molecule has 1 aromatic rings. The predicted molar refractivity (Wildman–Crippen MR) is 78.9 cm³/mol. The molecule has 1 aromatic carbocycles. The van der Waals surface area contributed by atoms with E-state index >= 15 is 0 Å². The van der Waals surface area contributed by atoms with Gasteiger partial charge >= 0.3 is 5.97 Å². The number of carbonyl (C=O) groups is 2. The molecule has 1 amide bonds. The molecule has 1 unspecified atom stereocenters. The minimum Gasteiger partial charge on any atom is -0.480 e. The number of nitrogens with one attached hydrogen (secondary N) is 1. The van der Waals surface area contributed by atoms with E-state index in [1.807, 2.05) is 24.3 Å². The van der Waals surface area contributed by atoms with E-state index in [9.17, 15) is 9.59 Å². The molecule has 0 bridgehead atoms. The van der Waals surface area contributed by atoms with Gasteiger partial charge < -0.3 is 10.4 Å². The molecule has 0 saturated carbocycles. The minimum atomic E-state index is -1.18. The Morgan fingerprint density at radius 2 is 1.90 bits per heavy atom. The van der Waals surface area contributed by atoms with Crippen molar-refractivity contribution in [1.82, 2.24) is 5.32 Å². The van der Waals surface area contributed by atoms with Gasteiger partial charge in [0.05, 0.1) is 0 Å². The second-order valence-electron chi connectivity index (χ2n) is 5.02. The summed E-state index contributed by atoms with van der Waals surface area (Å²) in [4.78, 5) is 22.9. The minimum absolute atomic E-state index is 0.231. The number of aryl methyl sites for hydroxylation is 1. The lowest BCUT2D eigenvalue weighted by atomic mass is 9.98. The third-order valence-corrected chi connectivity index (χ3v) is 3.63. The van der Waals surface area contributed by atoms with Crippen molar-refractivity contribution in [2.24, 2.45) is 0 Å². The number of hydrogen-bond acceptors (Lipinski definition) is 2. The van der Waals surface area contributed by atoms with Crippen molar-refractivity contribution >= 4 is 23.5 Å². The standard InChI is InChI=1S/C15H20ClNO3/c1-3-15(2,14(19)20)17-13(18)6-4-5-11-7-9-12(16)10-8-11/h7-10H,3-6H2,1-2H3,(H,17,18)(H,19,20). The van der Waals surface area contributed by atoms with Crippen molar-refractivity contribution in [2.45, 2.75) is 45.1 Å². The first-order valence-corrected chi connectivity index (χ1v) is 7.04. The molecule has 0 saturated heterocycles. The van der Waals surface area contributed by atoms with E-state index in [0.717, 1.165) is 12.0 Å². The molecule has 0 aliphatic heterocycles. The van der Waals surface area contributed by atoms with Crippen LogP contribution in [0.15, 0.2) is 24.3 Å². The van der Waals surface area contributed by atoms with Gasteiger partial charge in [-0.2, -0.15) is 0 Å². The fourth-order valence-electron chi connectivity index (χ4n) is 1.77. The maximum absolute atomic E-state index is 11.8. The molecule has 0 aliphatic rings. The average Bonchev–Trinajstić information content (AvgIpc) is 2.40. The van der Waals surface area contributed by atoms with Crippen LogP contribution in [0.25, 0.3) is 0 Å². The van der Waals surface area contributed by atoms with Crippen molar-refractivity contribution in [2.75, 3.05) is 0 Å². The van der Waals surface area contributed by atoms with Crippen LogP contribution in [0.1, 0.15) is 38.7 Å². The molecular formula is C15H20ClNO3. The van der Waals surface area contributed by atoms with Gasteiger partial charge in [-0.3, -0.25) is 4.79 Å². The van der Waals surface area contributed by atoms with Crippen LogP contribution in [0.3, 0.4) is 0 Å². The van der Waals surface area contributed by atoms with Gasteiger partial charge in [0, 0.05) is 11.4 Å². The van der Waals surface area contributed by atoms with Crippen molar-refractivity contribution in [3.05, 3.63) is 34.9 Å². The fraction of sp³-hybridized carbons (Fsp3) is 0.467. The van der Waals surface area contributed by atoms with Gasteiger partial charge in [0.25, 0.3) is 0 Å². The summed E-state index contributed by atoms with van der Waals surface area (Å²) < 4.78 is 0. The Balaban J connectivity index is 2.40. The second kappa shape index (κ2) is 7.29. The van der Waals surface area contributed by atoms with Crippen molar-refractivity contribution in [3.8, 4) is 0 Å². The molecule has 0 aliphatic carbocycles. The Morgan fingerprint density at radius 1 is 1.30 bits per heavy atom. The lowest BCUT2D eigenvalue weighted by molar-refractivity contribution is -0.147. The molecule has 4 nitrogen and oxygen atoms in total. The number of halogens is 1. The van der Waals surface area contributed by atoms with Crippen LogP contribution >= 0.6 is 11.6 Å². The summed E-state index contributed by atoms with van der Waals surface area (Å²) in [6.07, 6.45) is 2.10. The van der Waals surface area contributed by atoms with Gasteiger partial charge in [-0.15, -0.1) is 0 Å². The Kier molecular flexibility index (Phi) is 6.02. The molecule has 20 heavy (non-hydrogen) atoms. The zero-order valence-corrected chi connectivity index (χ0v) is 12.5. The maximum Gasteiger partial charge on any atom is 0.329 e. The van der Waals surface area contributed by atoms with Crippen molar-refractivity contribution in [3.63, 3.8) is 0 Å². The smallest absolute Gasteiger partial charge is 0.329 e. The van der Waals surface area contributed by atoms with Gasteiger partial charge in [0.2, 0.25) is 5.91 Å². The number of benzene rings is 1. The predicted octanol–water partition coefficient (Wildman–Crippen LogP) is 3.03. The van der Waals surface area contributed by atoms with Gasteiger partial charge in [-0.25, -0.2) is 4.79 Å². The highest BCUT2D eigenvalue weighted by molar-refractivity contribution is 6.30. The molecule has 0 radical (unpaired) electrons. The monoisotopic (exact) mass is 297 g/mol. The number of carboxylic acid groups (broad SMARTS) is 1. The first-order valence-electron chi connectivity index (χ1n) is 6.66. The molecule has 0 fully saturated rings. The van der Waals surface area contributed by atoms with Crippen LogP contribution in [0, 0.1) is 0 Å². The molecule has 5 heteroatoms. The second-order valence-corrected chi connectivity index (χ2v) is 5.46. The number of amides is 1. The van der Waals surface area contributed by atoms with E-state index in [1.54, 1.807) is 6.92 Å². The summed E-state index contributed by atoms with van der Waals surface area (Å²) in [6.45, 7) is 3.26. The van der Waals surface area contributed by atoms with Gasteiger partial charge in [-0.1, -0.05) is 30.7 Å².